The molecule has 6 nitrogen and oxygen atoms in total. The molecule has 2 aliphatic heterocycles. The highest BCUT2D eigenvalue weighted by molar-refractivity contribution is 6.00. The number of likely N-dealkylation sites (tertiary alicyclic amines) is 1. The van der Waals surface area contributed by atoms with E-state index in [2.05, 4.69) is 18.7 Å². The molecule has 0 aromatic heterocycles. The first kappa shape index (κ1) is 15.8. The highest BCUT2D eigenvalue weighted by Gasteiger charge is 2.35. The number of hydrogen-bond donors (Lipinski definition) is 0. The highest BCUT2D eigenvalue weighted by Crippen LogP contribution is 2.32. The summed E-state index contributed by atoms with van der Waals surface area (Å²) in [5, 5.41) is 0. The zero-order valence-electron chi connectivity index (χ0n) is 13.7. The molecule has 0 spiro atoms. The molecule has 0 saturated carbocycles. The van der Waals surface area contributed by atoms with Gasteiger partial charge >= 0.3 is 0 Å². The molecule has 1 amide bonds. The van der Waals surface area contributed by atoms with Crippen LogP contribution < -0.4 is 9.47 Å². The molecule has 1 fully saturated rings. The Bertz CT molecular complexity index is 623. The van der Waals surface area contributed by atoms with Crippen LogP contribution in [0.1, 0.15) is 24.2 Å². The number of Topliss-reactive ketones (excluding diaryl/α,β-unsaturated/α-hetero) is 1. The number of ketones is 1. The maximum atomic E-state index is 12.4. The third-order valence-electron chi connectivity index (χ3n) is 4.44. The molecule has 2 heterocycles. The number of likely N-dealkylation sites (N-methyl/N-ethyl adjacent to an activating group) is 1. The van der Waals surface area contributed by atoms with E-state index in [1.54, 1.807) is 25.2 Å². The number of nitrogens with zero attached hydrogens (tertiary/aromatic N) is 2. The molecular weight excluding hydrogens is 296 g/mol. The number of ether oxygens (including phenoxy) is 2. The van der Waals surface area contributed by atoms with Crippen molar-refractivity contribution in [2.24, 2.45) is 5.92 Å². The minimum atomic E-state index is -0.0980. The largest absolute Gasteiger partial charge is 0.454 e. The van der Waals surface area contributed by atoms with Crippen LogP contribution in [0.25, 0.3) is 0 Å². The molecule has 3 rings (SSSR count). The van der Waals surface area contributed by atoms with Crippen LogP contribution >= 0.6 is 0 Å². The quantitative estimate of drug-likeness (QED) is 0.768. The third kappa shape index (κ3) is 3.17. The van der Waals surface area contributed by atoms with Crippen molar-refractivity contribution in [3.8, 4) is 11.5 Å². The number of carbonyl (C=O) groups is 2. The van der Waals surface area contributed by atoms with Gasteiger partial charge in [-0.15, -0.1) is 0 Å². The maximum Gasteiger partial charge on any atom is 0.231 e. The molecule has 0 aliphatic carbocycles. The Morgan fingerprint density at radius 2 is 1.96 bits per heavy atom. The molecule has 1 saturated heterocycles. The number of carbonyl (C=O) groups excluding carboxylic acids is 2. The topological polar surface area (TPSA) is 59.1 Å². The standard InChI is InChI=1S/C17H22N2O4/c1-11(2)19-7-13(8-19)17(21)18(3)9-14(20)12-4-5-15-16(6-12)23-10-22-15/h4-6,11,13H,7-10H2,1-3H3. The van der Waals surface area contributed by atoms with Crippen molar-refractivity contribution < 1.29 is 19.1 Å². The van der Waals surface area contributed by atoms with Crippen molar-refractivity contribution in [2.75, 3.05) is 33.5 Å². The van der Waals surface area contributed by atoms with E-state index in [4.69, 9.17) is 9.47 Å². The number of amides is 1. The van der Waals surface area contributed by atoms with Crippen molar-refractivity contribution in [3.63, 3.8) is 0 Å². The van der Waals surface area contributed by atoms with Crippen LogP contribution in [0.5, 0.6) is 11.5 Å². The molecule has 1 aromatic carbocycles. The fourth-order valence-electron chi connectivity index (χ4n) is 2.86. The van der Waals surface area contributed by atoms with Crippen LogP contribution in [0.3, 0.4) is 0 Å². The van der Waals surface area contributed by atoms with Gasteiger partial charge in [0, 0.05) is 31.7 Å². The maximum absolute atomic E-state index is 12.4. The van der Waals surface area contributed by atoms with Crippen molar-refractivity contribution in [2.45, 2.75) is 19.9 Å². The zero-order valence-corrected chi connectivity index (χ0v) is 13.7. The van der Waals surface area contributed by atoms with Gasteiger partial charge in [-0.25, -0.2) is 0 Å². The molecule has 2 aliphatic rings. The van der Waals surface area contributed by atoms with Crippen LogP contribution in [-0.2, 0) is 4.79 Å². The summed E-state index contributed by atoms with van der Waals surface area (Å²) in [6.07, 6.45) is 0. The molecule has 0 radical (unpaired) electrons. The van der Waals surface area contributed by atoms with E-state index in [0.29, 0.717) is 23.1 Å². The summed E-state index contributed by atoms with van der Waals surface area (Å²) in [6.45, 7) is 6.05. The Kier molecular flexibility index (Phi) is 4.26. The van der Waals surface area contributed by atoms with Gasteiger partial charge in [0.05, 0.1) is 12.5 Å². The van der Waals surface area contributed by atoms with E-state index in [0.717, 1.165) is 13.1 Å². The summed E-state index contributed by atoms with van der Waals surface area (Å²) in [5.74, 6) is 1.17. The normalized spacial score (nSPS) is 17.2. The van der Waals surface area contributed by atoms with E-state index in [1.807, 2.05) is 0 Å². The molecule has 0 atom stereocenters. The number of rotatable bonds is 5. The predicted octanol–water partition coefficient (Wildman–Crippen LogP) is 1.40. The lowest BCUT2D eigenvalue weighted by Gasteiger charge is -2.42. The Morgan fingerprint density at radius 3 is 2.65 bits per heavy atom. The van der Waals surface area contributed by atoms with Crippen LogP contribution in [0.15, 0.2) is 18.2 Å². The Hall–Kier alpha value is -2.08. The van der Waals surface area contributed by atoms with Crippen LogP contribution in [0, 0.1) is 5.92 Å². The first-order valence-corrected chi connectivity index (χ1v) is 7.87. The molecule has 6 heteroatoms. The summed E-state index contributed by atoms with van der Waals surface area (Å²) in [5.41, 5.74) is 0.534. The summed E-state index contributed by atoms with van der Waals surface area (Å²) in [7, 11) is 1.69. The van der Waals surface area contributed by atoms with Gasteiger partial charge in [0.25, 0.3) is 0 Å². The predicted molar refractivity (Wildman–Crippen MR) is 84.7 cm³/mol. The van der Waals surface area contributed by atoms with Gasteiger partial charge in [-0.2, -0.15) is 0 Å². The Balaban J connectivity index is 1.56. The lowest BCUT2D eigenvalue weighted by molar-refractivity contribution is -0.140. The molecule has 0 unspecified atom stereocenters. The molecule has 124 valence electrons. The van der Waals surface area contributed by atoms with Crippen molar-refractivity contribution in [3.05, 3.63) is 23.8 Å². The summed E-state index contributed by atoms with van der Waals surface area (Å²) >= 11 is 0. The number of hydrogen-bond acceptors (Lipinski definition) is 5. The second-order valence-electron chi connectivity index (χ2n) is 6.43. The fourth-order valence-corrected chi connectivity index (χ4v) is 2.86. The van der Waals surface area contributed by atoms with Gasteiger partial charge in [-0.05, 0) is 32.0 Å². The monoisotopic (exact) mass is 318 g/mol. The molecule has 0 bridgehead atoms. The van der Waals surface area contributed by atoms with Gasteiger partial charge in [0.2, 0.25) is 12.7 Å². The van der Waals surface area contributed by atoms with E-state index in [-0.39, 0.29) is 30.9 Å². The SMILES string of the molecule is CC(C)N1CC(C(=O)N(C)CC(=O)c2ccc3c(c2)OCO3)C1. The second-order valence-corrected chi connectivity index (χ2v) is 6.43. The third-order valence-corrected chi connectivity index (χ3v) is 4.44. The van der Waals surface area contributed by atoms with E-state index >= 15 is 0 Å². The van der Waals surface area contributed by atoms with E-state index < -0.39 is 0 Å². The van der Waals surface area contributed by atoms with Crippen LogP contribution in [0.2, 0.25) is 0 Å². The highest BCUT2D eigenvalue weighted by atomic mass is 16.7. The first-order valence-electron chi connectivity index (χ1n) is 7.87. The van der Waals surface area contributed by atoms with E-state index in [9.17, 15) is 9.59 Å². The Morgan fingerprint density at radius 1 is 1.26 bits per heavy atom. The first-order chi connectivity index (χ1) is 11.0. The zero-order chi connectivity index (χ0) is 16.6. The fraction of sp³-hybridized carbons (Fsp3) is 0.529. The summed E-state index contributed by atoms with van der Waals surface area (Å²) < 4.78 is 10.5. The second kappa shape index (κ2) is 6.20. The van der Waals surface area contributed by atoms with Gasteiger partial charge in [-0.3, -0.25) is 14.5 Å². The van der Waals surface area contributed by atoms with Crippen molar-refractivity contribution in [1.29, 1.82) is 0 Å². The lowest BCUT2D eigenvalue weighted by Crippen LogP contribution is -2.56. The van der Waals surface area contributed by atoms with E-state index in [1.165, 1.54) is 4.90 Å². The molecule has 0 N–H and O–H groups in total. The Labute approximate surface area is 136 Å². The van der Waals surface area contributed by atoms with Crippen molar-refractivity contribution >= 4 is 11.7 Å². The molecular formula is C17H22N2O4. The van der Waals surface area contributed by atoms with Crippen LogP contribution in [-0.4, -0.2) is 61.0 Å². The smallest absolute Gasteiger partial charge is 0.231 e. The average molecular weight is 318 g/mol. The van der Waals surface area contributed by atoms with Gasteiger partial charge in [0.15, 0.2) is 17.3 Å². The lowest BCUT2D eigenvalue weighted by atomic mass is 9.96. The molecule has 23 heavy (non-hydrogen) atoms. The number of benzene rings is 1. The minimum Gasteiger partial charge on any atom is -0.454 e. The van der Waals surface area contributed by atoms with Crippen molar-refractivity contribution in [1.82, 2.24) is 9.80 Å². The van der Waals surface area contributed by atoms with Gasteiger partial charge in [0.1, 0.15) is 0 Å². The summed E-state index contributed by atoms with van der Waals surface area (Å²) in [4.78, 5) is 28.5. The average Bonchev–Trinajstić information content (AvgIpc) is 2.92. The molecule has 1 aromatic rings. The summed E-state index contributed by atoms with van der Waals surface area (Å²) in [6, 6.07) is 5.56. The minimum absolute atomic E-state index is 0.00644. The van der Waals surface area contributed by atoms with Crippen LogP contribution in [0.4, 0.5) is 0 Å². The van der Waals surface area contributed by atoms with Gasteiger partial charge in [-0.1, -0.05) is 0 Å². The number of fused-ring (bicyclic) bond motifs is 1. The van der Waals surface area contributed by atoms with Gasteiger partial charge < -0.3 is 14.4 Å².